The minimum absolute atomic E-state index is 0.251. The van der Waals surface area contributed by atoms with Crippen molar-refractivity contribution in [3.8, 4) is 27.7 Å². The fourth-order valence-electron chi connectivity index (χ4n) is 4.67. The number of aryl methyl sites for hydroxylation is 1. The molecular formula is C30H31F6N5O5S. The number of piperidine rings is 1. The highest BCUT2D eigenvalue weighted by atomic mass is 32.1. The Labute approximate surface area is 268 Å². The van der Waals surface area contributed by atoms with Gasteiger partial charge in [-0.1, -0.05) is 23.7 Å². The fraction of sp³-hybridized carbons (Fsp3) is 0.400. The van der Waals surface area contributed by atoms with Crippen molar-refractivity contribution >= 4 is 17.3 Å². The van der Waals surface area contributed by atoms with E-state index < -0.39 is 29.6 Å². The van der Waals surface area contributed by atoms with E-state index in [-0.39, 0.29) is 6.61 Å². The maximum absolute atomic E-state index is 13.0. The summed E-state index contributed by atoms with van der Waals surface area (Å²) in [7, 11) is 0. The molecule has 2 aromatic carbocycles. The van der Waals surface area contributed by atoms with E-state index in [0.29, 0.717) is 28.7 Å². The molecule has 1 aliphatic heterocycles. The molecule has 1 fully saturated rings. The SMILES string of the molecule is Cc1cc(OCc2sc(-c3ccc(C(F)(F)F)cc3)nc2CNCCN2CCCCC2)ccc1-c1noc(=O)[nH]1.O=C(O)C(F)(F)F. The van der Waals surface area contributed by atoms with Crippen LogP contribution in [0.4, 0.5) is 26.3 Å². The number of ether oxygens (including phenoxy) is 1. The number of carbonyl (C=O) groups is 1. The van der Waals surface area contributed by atoms with Gasteiger partial charge in [-0.25, -0.2) is 14.6 Å². The number of carboxylic acids is 1. The number of carboxylic acid groups (broad SMARTS) is 1. The molecule has 254 valence electrons. The predicted octanol–water partition coefficient (Wildman–Crippen LogP) is 6.27. The van der Waals surface area contributed by atoms with Crippen LogP contribution in [-0.4, -0.2) is 63.5 Å². The van der Waals surface area contributed by atoms with Crippen LogP contribution < -0.4 is 15.8 Å². The van der Waals surface area contributed by atoms with Gasteiger partial charge in [-0.3, -0.25) is 9.51 Å². The number of hydrogen-bond acceptors (Lipinski definition) is 9. The number of hydrogen-bond donors (Lipinski definition) is 3. The summed E-state index contributed by atoms with van der Waals surface area (Å²) in [6.07, 6.45) is -5.70. The van der Waals surface area contributed by atoms with Crippen molar-refractivity contribution in [3.63, 3.8) is 0 Å². The first-order valence-corrected chi connectivity index (χ1v) is 15.2. The molecule has 0 atom stereocenters. The van der Waals surface area contributed by atoms with Gasteiger partial charge in [0.15, 0.2) is 5.82 Å². The first kappa shape index (κ1) is 35.6. The summed E-state index contributed by atoms with van der Waals surface area (Å²) in [5.41, 5.74) is 2.31. The molecule has 47 heavy (non-hydrogen) atoms. The number of rotatable bonds is 10. The number of aromatic amines is 1. The molecule has 4 aromatic rings. The first-order valence-electron chi connectivity index (χ1n) is 14.4. The van der Waals surface area contributed by atoms with Crippen molar-refractivity contribution in [2.24, 2.45) is 0 Å². The highest BCUT2D eigenvalue weighted by molar-refractivity contribution is 7.15. The Morgan fingerprint density at radius 1 is 1.09 bits per heavy atom. The van der Waals surface area contributed by atoms with E-state index in [0.717, 1.165) is 60.0 Å². The minimum Gasteiger partial charge on any atom is -0.488 e. The number of H-pyrrole nitrogens is 1. The Kier molecular flexibility index (Phi) is 11.8. The zero-order valence-electron chi connectivity index (χ0n) is 25.0. The molecule has 0 unspecified atom stereocenters. The maximum Gasteiger partial charge on any atom is 0.490 e. The van der Waals surface area contributed by atoms with Gasteiger partial charge < -0.3 is 20.1 Å². The molecule has 17 heteroatoms. The van der Waals surface area contributed by atoms with Gasteiger partial charge in [0.2, 0.25) is 0 Å². The van der Waals surface area contributed by atoms with Gasteiger partial charge in [0, 0.05) is 30.8 Å². The van der Waals surface area contributed by atoms with E-state index in [4.69, 9.17) is 19.6 Å². The average molecular weight is 688 g/mol. The molecule has 0 bridgehead atoms. The second kappa shape index (κ2) is 15.6. The summed E-state index contributed by atoms with van der Waals surface area (Å²) in [5.74, 6) is -2.41. The number of nitrogens with one attached hydrogen (secondary N) is 2. The summed E-state index contributed by atoms with van der Waals surface area (Å²) in [5, 5.41) is 15.0. The molecule has 10 nitrogen and oxygen atoms in total. The van der Waals surface area contributed by atoms with Gasteiger partial charge in [-0.15, -0.1) is 11.3 Å². The second-order valence-corrected chi connectivity index (χ2v) is 11.6. The third-order valence-corrected chi connectivity index (χ3v) is 8.21. The molecular weight excluding hydrogens is 656 g/mol. The van der Waals surface area contributed by atoms with Crippen molar-refractivity contribution < 1.29 is 45.5 Å². The van der Waals surface area contributed by atoms with Crippen molar-refractivity contribution in [1.29, 1.82) is 0 Å². The van der Waals surface area contributed by atoms with Crippen LogP contribution in [0.25, 0.3) is 22.0 Å². The number of nitrogens with zero attached hydrogens (tertiary/aromatic N) is 3. The quantitative estimate of drug-likeness (QED) is 0.130. The fourth-order valence-corrected chi connectivity index (χ4v) is 5.67. The summed E-state index contributed by atoms with van der Waals surface area (Å²) in [6.45, 7) is 6.69. The molecule has 0 radical (unpaired) electrons. The number of aliphatic carboxylic acids is 1. The van der Waals surface area contributed by atoms with Crippen LogP contribution >= 0.6 is 11.3 Å². The lowest BCUT2D eigenvalue weighted by Gasteiger charge is -2.26. The number of alkyl halides is 6. The summed E-state index contributed by atoms with van der Waals surface area (Å²) >= 11 is 1.41. The van der Waals surface area contributed by atoms with Crippen molar-refractivity contribution in [3.05, 3.63) is 74.7 Å². The number of benzene rings is 2. The van der Waals surface area contributed by atoms with E-state index in [9.17, 15) is 31.1 Å². The molecule has 2 aromatic heterocycles. The normalized spacial score (nSPS) is 14.0. The average Bonchev–Trinajstić information content (AvgIpc) is 3.64. The highest BCUT2D eigenvalue weighted by Crippen LogP contribution is 2.34. The van der Waals surface area contributed by atoms with Crippen LogP contribution in [0.1, 0.15) is 41.0 Å². The van der Waals surface area contributed by atoms with E-state index in [2.05, 4.69) is 24.9 Å². The van der Waals surface area contributed by atoms with Crippen molar-refractivity contribution in [2.45, 2.75) is 51.7 Å². The van der Waals surface area contributed by atoms with E-state index in [1.165, 1.54) is 42.7 Å². The summed E-state index contributed by atoms with van der Waals surface area (Å²) in [6, 6.07) is 10.5. The standard InChI is InChI=1S/C28H30F3N5O3S.C2HF3O2/c1-18-15-21(9-10-22(18)25-34-27(37)39-35-25)38-17-24-23(16-32-11-14-36-12-3-2-4-13-36)33-26(40-24)19-5-7-20(8-6-19)28(29,30)31;3-2(4,5)1(6)7/h5-10,15,32H,2-4,11-14,16-17H2,1H3,(H,34,35,37);(H,6,7). The number of thiazole rings is 1. The smallest absolute Gasteiger partial charge is 0.488 e. The van der Waals surface area contributed by atoms with E-state index in [1.54, 1.807) is 12.1 Å². The molecule has 3 heterocycles. The summed E-state index contributed by atoms with van der Waals surface area (Å²) in [4.78, 5) is 30.9. The molecule has 0 saturated carbocycles. The Bertz CT molecular complexity index is 1680. The molecule has 5 rings (SSSR count). The topological polar surface area (TPSA) is 134 Å². The zero-order chi connectivity index (χ0) is 34.2. The lowest BCUT2D eigenvalue weighted by atomic mass is 10.1. The van der Waals surface area contributed by atoms with Crippen LogP contribution in [0.15, 0.2) is 51.8 Å². The molecule has 3 N–H and O–H groups in total. The van der Waals surface area contributed by atoms with Crippen LogP contribution in [0.5, 0.6) is 5.75 Å². The van der Waals surface area contributed by atoms with Crippen LogP contribution in [0.2, 0.25) is 0 Å². The van der Waals surface area contributed by atoms with Gasteiger partial charge in [0.05, 0.1) is 16.1 Å². The van der Waals surface area contributed by atoms with Crippen LogP contribution in [0, 0.1) is 6.92 Å². The number of likely N-dealkylation sites (tertiary alicyclic amines) is 1. The Hall–Kier alpha value is -4.22. The lowest BCUT2D eigenvalue weighted by Crippen LogP contribution is -2.35. The van der Waals surface area contributed by atoms with Crippen LogP contribution in [0.3, 0.4) is 0 Å². The Morgan fingerprint density at radius 2 is 1.77 bits per heavy atom. The van der Waals surface area contributed by atoms with Crippen molar-refractivity contribution in [1.82, 2.24) is 25.3 Å². The van der Waals surface area contributed by atoms with Gasteiger partial charge in [0.1, 0.15) is 17.4 Å². The van der Waals surface area contributed by atoms with Gasteiger partial charge in [-0.05, 0) is 68.8 Å². The zero-order valence-corrected chi connectivity index (χ0v) is 25.8. The largest absolute Gasteiger partial charge is 0.490 e. The van der Waals surface area contributed by atoms with Gasteiger partial charge in [0.25, 0.3) is 0 Å². The van der Waals surface area contributed by atoms with E-state index >= 15 is 0 Å². The Morgan fingerprint density at radius 3 is 2.34 bits per heavy atom. The van der Waals surface area contributed by atoms with E-state index in [1.807, 2.05) is 13.0 Å². The lowest BCUT2D eigenvalue weighted by molar-refractivity contribution is -0.192. The van der Waals surface area contributed by atoms with Gasteiger partial charge in [-0.2, -0.15) is 26.3 Å². The number of aromatic nitrogens is 3. The summed E-state index contributed by atoms with van der Waals surface area (Å²) < 4.78 is 81.6. The first-order chi connectivity index (χ1) is 22.2. The van der Waals surface area contributed by atoms with Gasteiger partial charge >= 0.3 is 24.1 Å². The van der Waals surface area contributed by atoms with Crippen LogP contribution in [-0.2, 0) is 24.1 Å². The maximum atomic E-state index is 13.0. The highest BCUT2D eigenvalue weighted by Gasteiger charge is 2.38. The second-order valence-electron chi connectivity index (χ2n) is 10.6. The molecule has 0 amide bonds. The molecule has 1 saturated heterocycles. The molecule has 0 spiro atoms. The van der Waals surface area contributed by atoms with Crippen molar-refractivity contribution in [2.75, 3.05) is 26.2 Å². The third-order valence-electron chi connectivity index (χ3n) is 7.09. The Balaban J connectivity index is 0.000000644. The third kappa shape index (κ3) is 10.4. The molecule has 1 aliphatic rings. The number of halogens is 6. The monoisotopic (exact) mass is 687 g/mol. The predicted molar refractivity (Wildman–Crippen MR) is 160 cm³/mol. The minimum atomic E-state index is -5.08. The molecule has 0 aliphatic carbocycles.